The molecule has 0 bridgehead atoms. The predicted octanol–water partition coefficient (Wildman–Crippen LogP) is 0.877. The van der Waals surface area contributed by atoms with E-state index in [1.54, 1.807) is 0 Å². The van der Waals surface area contributed by atoms with Gasteiger partial charge in [0.1, 0.15) is 0 Å². The molecule has 0 aliphatic carbocycles. The average Bonchev–Trinajstić information content (AvgIpc) is 3.00. The van der Waals surface area contributed by atoms with Crippen LogP contribution in [0.25, 0.3) is 11.0 Å². The Morgan fingerprint density at radius 2 is 2.16 bits per heavy atom. The van der Waals surface area contributed by atoms with Crippen LogP contribution in [0.4, 0.5) is 0 Å². The van der Waals surface area contributed by atoms with Gasteiger partial charge in [0.15, 0.2) is 0 Å². The maximum atomic E-state index is 11.8. The molecule has 1 aliphatic heterocycles. The minimum Gasteiger partial charge on any atom is -0.396 e. The first-order valence-corrected chi connectivity index (χ1v) is 6.56. The van der Waals surface area contributed by atoms with Crippen LogP contribution in [-0.2, 0) is 11.3 Å². The minimum atomic E-state index is 0.0935. The van der Waals surface area contributed by atoms with E-state index >= 15 is 0 Å². The number of carbonyl (C=O) groups excluding carboxylic acids is 1. The van der Waals surface area contributed by atoms with Gasteiger partial charge in [-0.15, -0.1) is 0 Å². The molecular weight excluding hydrogens is 242 g/mol. The molecule has 1 saturated heterocycles. The van der Waals surface area contributed by atoms with E-state index in [-0.39, 0.29) is 18.4 Å². The van der Waals surface area contributed by atoms with Crippen molar-refractivity contribution in [1.82, 2.24) is 14.5 Å². The SMILES string of the molecule is O=C1CC(CO)CN1CCn1cnc2ccccc21. The fourth-order valence-electron chi connectivity index (χ4n) is 2.61. The first-order chi connectivity index (χ1) is 9.28. The molecule has 5 nitrogen and oxygen atoms in total. The number of imidazole rings is 1. The largest absolute Gasteiger partial charge is 0.396 e. The second kappa shape index (κ2) is 5.01. The number of likely N-dealkylation sites (tertiary alicyclic amines) is 1. The van der Waals surface area contributed by atoms with Crippen molar-refractivity contribution in [2.45, 2.75) is 13.0 Å². The Balaban J connectivity index is 1.68. The van der Waals surface area contributed by atoms with Crippen molar-refractivity contribution in [2.75, 3.05) is 19.7 Å². The first-order valence-electron chi connectivity index (χ1n) is 6.56. The number of nitrogens with zero attached hydrogens (tertiary/aromatic N) is 3. The highest BCUT2D eigenvalue weighted by atomic mass is 16.3. The van der Waals surface area contributed by atoms with E-state index in [0.29, 0.717) is 19.5 Å². The summed E-state index contributed by atoms with van der Waals surface area (Å²) in [6.07, 6.45) is 2.29. The fraction of sp³-hybridized carbons (Fsp3) is 0.429. The summed E-state index contributed by atoms with van der Waals surface area (Å²) in [5, 5.41) is 9.10. The van der Waals surface area contributed by atoms with E-state index in [2.05, 4.69) is 9.55 Å². The van der Waals surface area contributed by atoms with E-state index in [0.717, 1.165) is 17.6 Å². The van der Waals surface area contributed by atoms with Crippen LogP contribution in [0.1, 0.15) is 6.42 Å². The van der Waals surface area contributed by atoms with Gasteiger partial charge in [0.05, 0.1) is 17.4 Å². The number of hydrogen-bond acceptors (Lipinski definition) is 3. The Morgan fingerprint density at radius 1 is 1.32 bits per heavy atom. The van der Waals surface area contributed by atoms with Crippen molar-refractivity contribution in [3.05, 3.63) is 30.6 Å². The molecular formula is C14H17N3O2. The third-order valence-electron chi connectivity index (χ3n) is 3.69. The molecule has 0 saturated carbocycles. The Labute approximate surface area is 111 Å². The minimum absolute atomic E-state index is 0.0935. The van der Waals surface area contributed by atoms with Gasteiger partial charge in [0.2, 0.25) is 5.91 Å². The summed E-state index contributed by atoms with van der Waals surface area (Å²) in [4.78, 5) is 17.9. The highest BCUT2D eigenvalue weighted by molar-refractivity contribution is 5.78. The first kappa shape index (κ1) is 12.2. The van der Waals surface area contributed by atoms with Crippen molar-refractivity contribution in [3.8, 4) is 0 Å². The molecule has 1 amide bonds. The number of carbonyl (C=O) groups is 1. The number of fused-ring (bicyclic) bond motifs is 1. The van der Waals surface area contributed by atoms with Crippen LogP contribution in [-0.4, -0.2) is 45.2 Å². The number of para-hydroxylation sites is 2. The van der Waals surface area contributed by atoms with Crippen molar-refractivity contribution in [3.63, 3.8) is 0 Å². The summed E-state index contributed by atoms with van der Waals surface area (Å²) in [6, 6.07) is 7.97. The number of amides is 1. The van der Waals surface area contributed by atoms with Crippen LogP contribution >= 0.6 is 0 Å². The lowest BCUT2D eigenvalue weighted by Crippen LogP contribution is -2.29. The van der Waals surface area contributed by atoms with Crippen LogP contribution < -0.4 is 0 Å². The smallest absolute Gasteiger partial charge is 0.223 e. The fourth-order valence-corrected chi connectivity index (χ4v) is 2.61. The van der Waals surface area contributed by atoms with E-state index in [9.17, 15) is 4.79 Å². The van der Waals surface area contributed by atoms with Crippen molar-refractivity contribution < 1.29 is 9.90 Å². The zero-order valence-corrected chi connectivity index (χ0v) is 10.7. The molecule has 1 N–H and O–H groups in total. The number of aliphatic hydroxyl groups is 1. The van der Waals surface area contributed by atoms with Gasteiger partial charge >= 0.3 is 0 Å². The van der Waals surface area contributed by atoms with Crippen molar-refractivity contribution in [2.24, 2.45) is 5.92 Å². The third kappa shape index (κ3) is 2.33. The molecule has 1 aromatic carbocycles. The topological polar surface area (TPSA) is 58.4 Å². The predicted molar refractivity (Wildman–Crippen MR) is 71.5 cm³/mol. The van der Waals surface area contributed by atoms with Gasteiger partial charge in [-0.25, -0.2) is 4.98 Å². The Hall–Kier alpha value is -1.88. The van der Waals surface area contributed by atoms with Crippen LogP contribution in [0.3, 0.4) is 0 Å². The zero-order chi connectivity index (χ0) is 13.2. The highest BCUT2D eigenvalue weighted by Crippen LogP contribution is 2.17. The third-order valence-corrected chi connectivity index (χ3v) is 3.69. The van der Waals surface area contributed by atoms with E-state index in [1.807, 2.05) is 35.5 Å². The molecule has 2 aromatic rings. The number of aromatic nitrogens is 2. The number of rotatable bonds is 4. The maximum absolute atomic E-state index is 11.8. The van der Waals surface area contributed by atoms with Crippen LogP contribution in [0, 0.1) is 5.92 Å². The van der Waals surface area contributed by atoms with E-state index in [4.69, 9.17) is 5.11 Å². The Morgan fingerprint density at radius 3 is 2.95 bits per heavy atom. The lowest BCUT2D eigenvalue weighted by Gasteiger charge is -2.16. The quantitative estimate of drug-likeness (QED) is 0.886. The number of hydrogen-bond donors (Lipinski definition) is 1. The molecule has 0 radical (unpaired) electrons. The summed E-state index contributed by atoms with van der Waals surface area (Å²) < 4.78 is 2.06. The molecule has 100 valence electrons. The molecule has 1 fully saturated rings. The van der Waals surface area contributed by atoms with Gasteiger partial charge in [-0.05, 0) is 12.1 Å². The molecule has 2 heterocycles. The lowest BCUT2D eigenvalue weighted by molar-refractivity contribution is -0.127. The van der Waals surface area contributed by atoms with Crippen LogP contribution in [0.2, 0.25) is 0 Å². The summed E-state index contributed by atoms with van der Waals surface area (Å²) in [5.74, 6) is 0.246. The molecule has 1 aliphatic rings. The highest BCUT2D eigenvalue weighted by Gasteiger charge is 2.28. The summed E-state index contributed by atoms with van der Waals surface area (Å²) in [7, 11) is 0. The normalized spacial score (nSPS) is 19.5. The van der Waals surface area contributed by atoms with Gasteiger partial charge in [0.25, 0.3) is 0 Å². The van der Waals surface area contributed by atoms with E-state index < -0.39 is 0 Å². The van der Waals surface area contributed by atoms with Gasteiger partial charge in [-0.1, -0.05) is 12.1 Å². The summed E-state index contributed by atoms with van der Waals surface area (Å²) in [5.41, 5.74) is 2.07. The summed E-state index contributed by atoms with van der Waals surface area (Å²) >= 11 is 0. The second-order valence-electron chi connectivity index (χ2n) is 5.02. The molecule has 5 heteroatoms. The Bertz CT molecular complexity index is 593. The van der Waals surface area contributed by atoms with Crippen molar-refractivity contribution >= 4 is 16.9 Å². The molecule has 19 heavy (non-hydrogen) atoms. The summed E-state index contributed by atoms with van der Waals surface area (Å²) in [6.45, 7) is 2.18. The van der Waals surface area contributed by atoms with E-state index in [1.165, 1.54) is 0 Å². The lowest BCUT2D eigenvalue weighted by atomic mass is 10.1. The standard InChI is InChI=1S/C14H17N3O2/c18-9-11-7-14(19)16(8-11)5-6-17-10-15-12-3-1-2-4-13(12)17/h1-4,10-11,18H,5-9H2. The van der Waals surface area contributed by atoms with Crippen molar-refractivity contribution in [1.29, 1.82) is 0 Å². The van der Waals surface area contributed by atoms with Gasteiger partial charge in [0, 0.05) is 38.6 Å². The second-order valence-corrected chi connectivity index (χ2v) is 5.02. The number of benzene rings is 1. The molecule has 1 aromatic heterocycles. The Kier molecular flexibility index (Phi) is 3.21. The molecule has 3 rings (SSSR count). The van der Waals surface area contributed by atoms with Crippen LogP contribution in [0.15, 0.2) is 30.6 Å². The van der Waals surface area contributed by atoms with Gasteiger partial charge in [-0.3, -0.25) is 4.79 Å². The number of aliphatic hydroxyl groups excluding tert-OH is 1. The van der Waals surface area contributed by atoms with Gasteiger partial charge in [-0.2, -0.15) is 0 Å². The molecule has 1 atom stereocenters. The van der Waals surface area contributed by atoms with Gasteiger partial charge < -0.3 is 14.6 Å². The average molecular weight is 259 g/mol. The maximum Gasteiger partial charge on any atom is 0.223 e. The monoisotopic (exact) mass is 259 g/mol. The zero-order valence-electron chi connectivity index (χ0n) is 10.7. The molecule has 1 unspecified atom stereocenters. The molecule has 0 spiro atoms. The van der Waals surface area contributed by atoms with Crippen LogP contribution in [0.5, 0.6) is 0 Å².